The van der Waals surface area contributed by atoms with Crippen LogP contribution >= 0.6 is 0 Å². The molecule has 0 radical (unpaired) electrons. The van der Waals surface area contributed by atoms with Gasteiger partial charge in [0, 0.05) is 25.0 Å². The first kappa shape index (κ1) is 23.3. The van der Waals surface area contributed by atoms with Crippen molar-refractivity contribution in [3.63, 3.8) is 0 Å². The van der Waals surface area contributed by atoms with Gasteiger partial charge in [-0.05, 0) is 47.5 Å². The highest BCUT2D eigenvalue weighted by Crippen LogP contribution is 2.42. The molecular formula is C27H28N2O5. The lowest BCUT2D eigenvalue weighted by Gasteiger charge is -2.29. The van der Waals surface area contributed by atoms with Crippen LogP contribution in [-0.2, 0) is 16.0 Å². The number of nitrogens with zero attached hydrogens (tertiary/aromatic N) is 1. The molecule has 3 N–H and O–H groups in total. The maximum Gasteiger partial charge on any atom is 0.250 e. The molecule has 0 saturated heterocycles. The van der Waals surface area contributed by atoms with Crippen LogP contribution in [0.15, 0.2) is 83.9 Å². The topological polar surface area (TPSA) is 103 Å². The normalized spacial score (nSPS) is 19.2. The maximum absolute atomic E-state index is 13.0. The van der Waals surface area contributed by atoms with Gasteiger partial charge in [-0.2, -0.15) is 0 Å². The molecule has 7 heteroatoms. The number of aliphatic hydroxyl groups excluding tert-OH is 1. The Morgan fingerprint density at radius 2 is 1.82 bits per heavy atom. The Hall–Kier alpha value is -3.84. The van der Waals surface area contributed by atoms with Gasteiger partial charge in [-0.25, -0.2) is 4.99 Å². The summed E-state index contributed by atoms with van der Waals surface area (Å²) in [6, 6.07) is 24.3. The zero-order valence-electron chi connectivity index (χ0n) is 19.0. The third kappa shape index (κ3) is 4.89. The number of benzene rings is 3. The van der Waals surface area contributed by atoms with Crippen molar-refractivity contribution in [3.8, 4) is 11.5 Å². The standard InChI is InChI=1S/C27H28N2O5/c1-32-23-10-5-9-21(17-23)24-27(26(28)31,18-19-7-3-2-4-8-19)29-25(34-24)20-11-13-22(14-12-20)33-16-6-15-30/h2-5,7-14,17,24,30H,6,15-16,18H2,1H3,(H2,28,31)/t24-,27-/m1/s1. The molecule has 4 rings (SSSR count). The molecule has 0 spiro atoms. The van der Waals surface area contributed by atoms with Crippen LogP contribution in [0.5, 0.6) is 11.5 Å². The van der Waals surface area contributed by atoms with E-state index in [2.05, 4.69) is 0 Å². The number of primary amides is 1. The SMILES string of the molecule is COc1cccc([C@H]2OC(c3ccc(OCCCO)cc3)=N[C@@]2(Cc2ccccc2)C(N)=O)c1. The van der Waals surface area contributed by atoms with E-state index in [1.54, 1.807) is 19.2 Å². The lowest BCUT2D eigenvalue weighted by molar-refractivity contribution is -0.125. The van der Waals surface area contributed by atoms with Crippen LogP contribution in [0.1, 0.15) is 29.2 Å². The molecule has 3 aromatic carbocycles. The van der Waals surface area contributed by atoms with E-state index in [-0.39, 0.29) is 13.0 Å². The second-order valence-corrected chi connectivity index (χ2v) is 8.09. The molecule has 1 heterocycles. The van der Waals surface area contributed by atoms with E-state index < -0.39 is 17.6 Å². The molecule has 1 amide bonds. The first-order chi connectivity index (χ1) is 16.6. The number of hydrogen-bond acceptors (Lipinski definition) is 6. The highest BCUT2D eigenvalue weighted by Gasteiger charge is 2.52. The van der Waals surface area contributed by atoms with Gasteiger partial charge >= 0.3 is 0 Å². The number of carbonyl (C=O) groups excluding carboxylic acids is 1. The quantitative estimate of drug-likeness (QED) is 0.451. The van der Waals surface area contributed by atoms with Crippen LogP contribution in [-0.4, -0.2) is 42.8 Å². The molecule has 1 aliphatic rings. The molecule has 3 aromatic rings. The zero-order chi connectivity index (χ0) is 24.0. The Kier molecular flexibility index (Phi) is 7.13. The van der Waals surface area contributed by atoms with Gasteiger partial charge in [0.1, 0.15) is 11.5 Å². The van der Waals surface area contributed by atoms with E-state index in [1.165, 1.54) is 0 Å². The molecule has 0 unspecified atom stereocenters. The predicted octanol–water partition coefficient (Wildman–Crippen LogP) is 3.44. The molecule has 0 aliphatic carbocycles. The minimum atomic E-state index is -1.33. The summed E-state index contributed by atoms with van der Waals surface area (Å²) in [4.78, 5) is 17.8. The van der Waals surface area contributed by atoms with Crippen molar-refractivity contribution >= 4 is 11.8 Å². The van der Waals surface area contributed by atoms with E-state index in [4.69, 9.17) is 30.0 Å². The highest BCUT2D eigenvalue weighted by atomic mass is 16.5. The third-order valence-corrected chi connectivity index (χ3v) is 5.78. The van der Waals surface area contributed by atoms with E-state index in [9.17, 15) is 4.79 Å². The molecular weight excluding hydrogens is 432 g/mol. The van der Waals surface area contributed by atoms with Crippen molar-refractivity contribution < 1.29 is 24.1 Å². The minimum absolute atomic E-state index is 0.0744. The molecule has 0 fully saturated rings. The summed E-state index contributed by atoms with van der Waals surface area (Å²) in [6.07, 6.45) is 0.118. The summed E-state index contributed by atoms with van der Waals surface area (Å²) in [6.45, 7) is 0.498. The smallest absolute Gasteiger partial charge is 0.250 e. The van der Waals surface area contributed by atoms with Gasteiger partial charge in [0.2, 0.25) is 11.8 Å². The molecule has 0 aromatic heterocycles. The van der Waals surface area contributed by atoms with Crippen molar-refractivity contribution in [1.29, 1.82) is 0 Å². The number of ether oxygens (including phenoxy) is 3. The number of aliphatic hydroxyl groups is 1. The van der Waals surface area contributed by atoms with Gasteiger partial charge in [0.05, 0.1) is 13.7 Å². The lowest BCUT2D eigenvalue weighted by atomic mass is 9.82. The molecule has 7 nitrogen and oxygen atoms in total. The number of carbonyl (C=O) groups is 1. The Morgan fingerprint density at radius 3 is 2.50 bits per heavy atom. The number of aliphatic imine (C=N–C) groups is 1. The Bertz CT molecular complexity index is 1150. The second-order valence-electron chi connectivity index (χ2n) is 8.09. The molecule has 0 bridgehead atoms. The molecule has 0 saturated carbocycles. The van der Waals surface area contributed by atoms with Crippen molar-refractivity contribution in [2.75, 3.05) is 20.3 Å². The summed E-state index contributed by atoms with van der Waals surface area (Å²) >= 11 is 0. The van der Waals surface area contributed by atoms with E-state index in [0.717, 1.165) is 11.1 Å². The Labute approximate surface area is 198 Å². The Balaban J connectivity index is 1.72. The van der Waals surface area contributed by atoms with Crippen LogP contribution in [0.4, 0.5) is 0 Å². The van der Waals surface area contributed by atoms with Gasteiger partial charge < -0.3 is 25.1 Å². The highest BCUT2D eigenvalue weighted by molar-refractivity contribution is 6.00. The van der Waals surface area contributed by atoms with Crippen LogP contribution in [0.2, 0.25) is 0 Å². The van der Waals surface area contributed by atoms with Crippen molar-refractivity contribution in [2.45, 2.75) is 24.5 Å². The van der Waals surface area contributed by atoms with E-state index >= 15 is 0 Å². The summed E-state index contributed by atoms with van der Waals surface area (Å²) in [5.74, 6) is 1.09. The summed E-state index contributed by atoms with van der Waals surface area (Å²) in [5, 5.41) is 8.93. The van der Waals surface area contributed by atoms with Crippen molar-refractivity contribution in [3.05, 3.63) is 95.6 Å². The van der Waals surface area contributed by atoms with Crippen LogP contribution in [0.3, 0.4) is 0 Å². The van der Waals surface area contributed by atoms with E-state index in [0.29, 0.717) is 36.0 Å². The fourth-order valence-electron chi connectivity index (χ4n) is 4.02. The maximum atomic E-state index is 13.0. The fourth-order valence-corrected chi connectivity index (χ4v) is 4.02. The van der Waals surface area contributed by atoms with Crippen molar-refractivity contribution in [2.24, 2.45) is 10.7 Å². The fraction of sp³-hybridized carbons (Fsp3) is 0.259. The summed E-state index contributed by atoms with van der Waals surface area (Å²) in [5.41, 5.74) is 7.06. The second kappa shape index (κ2) is 10.4. The van der Waals surface area contributed by atoms with Crippen molar-refractivity contribution in [1.82, 2.24) is 0 Å². The third-order valence-electron chi connectivity index (χ3n) is 5.78. The molecule has 34 heavy (non-hydrogen) atoms. The predicted molar refractivity (Wildman–Crippen MR) is 129 cm³/mol. The summed E-state index contributed by atoms with van der Waals surface area (Å²) in [7, 11) is 1.59. The number of hydrogen-bond donors (Lipinski definition) is 2. The molecule has 1 aliphatic heterocycles. The van der Waals surface area contributed by atoms with Crippen LogP contribution < -0.4 is 15.2 Å². The zero-order valence-corrected chi connectivity index (χ0v) is 19.0. The van der Waals surface area contributed by atoms with Crippen LogP contribution in [0.25, 0.3) is 0 Å². The molecule has 2 atom stereocenters. The number of methoxy groups -OCH3 is 1. The van der Waals surface area contributed by atoms with Gasteiger partial charge in [-0.1, -0.05) is 42.5 Å². The van der Waals surface area contributed by atoms with Gasteiger partial charge in [0.25, 0.3) is 0 Å². The lowest BCUT2D eigenvalue weighted by Crippen LogP contribution is -2.47. The van der Waals surface area contributed by atoms with Gasteiger partial charge in [0.15, 0.2) is 11.6 Å². The average molecular weight is 461 g/mol. The van der Waals surface area contributed by atoms with Gasteiger partial charge in [-0.15, -0.1) is 0 Å². The number of amides is 1. The average Bonchev–Trinajstić information content (AvgIpc) is 3.26. The largest absolute Gasteiger partial charge is 0.497 e. The summed E-state index contributed by atoms with van der Waals surface area (Å²) < 4.78 is 17.3. The number of rotatable bonds is 10. The monoisotopic (exact) mass is 460 g/mol. The van der Waals surface area contributed by atoms with Crippen LogP contribution in [0, 0.1) is 0 Å². The molecule has 176 valence electrons. The first-order valence-electron chi connectivity index (χ1n) is 11.1. The van der Waals surface area contributed by atoms with Gasteiger partial charge in [-0.3, -0.25) is 4.79 Å². The Morgan fingerprint density at radius 1 is 1.06 bits per heavy atom. The first-order valence-corrected chi connectivity index (χ1v) is 11.1. The minimum Gasteiger partial charge on any atom is -0.497 e. The number of nitrogens with two attached hydrogens (primary N) is 1. The van der Waals surface area contributed by atoms with E-state index in [1.807, 2.05) is 66.7 Å².